The molecule has 0 aromatic heterocycles. The van der Waals surface area contributed by atoms with Gasteiger partial charge in [0.1, 0.15) is 18.3 Å². The molecule has 0 amide bonds. The molecule has 0 radical (unpaired) electrons. The molecule has 0 aromatic carbocycles. The number of rotatable bonds is 1. The van der Waals surface area contributed by atoms with Gasteiger partial charge >= 0.3 is 0 Å². The van der Waals surface area contributed by atoms with Crippen LogP contribution in [0.15, 0.2) is 0 Å². The molecule has 1 fully saturated rings. The van der Waals surface area contributed by atoms with Crippen molar-refractivity contribution >= 4 is 0 Å². The summed E-state index contributed by atoms with van der Waals surface area (Å²) >= 11 is 0. The SMILES string of the molecule is CO[C@@H]1C(O)OC[C@H](O)[C@@H]1O. The molecule has 5 heteroatoms. The minimum Gasteiger partial charge on any atom is -0.388 e. The molecule has 0 aromatic rings. The van der Waals surface area contributed by atoms with Crippen LogP contribution in [-0.2, 0) is 9.47 Å². The normalized spacial score (nSPS) is 45.8. The van der Waals surface area contributed by atoms with Crippen molar-refractivity contribution < 1.29 is 24.8 Å². The Bertz CT molecular complexity index is 128. The van der Waals surface area contributed by atoms with Crippen molar-refractivity contribution in [2.45, 2.75) is 24.6 Å². The molecule has 1 aliphatic rings. The fraction of sp³-hybridized carbons (Fsp3) is 1.00. The first-order valence-corrected chi connectivity index (χ1v) is 3.35. The summed E-state index contributed by atoms with van der Waals surface area (Å²) in [6.07, 6.45) is -4.08. The molecule has 0 saturated carbocycles. The number of hydrogen-bond donors (Lipinski definition) is 3. The molecule has 3 N–H and O–H groups in total. The fourth-order valence-electron chi connectivity index (χ4n) is 1.03. The molecule has 0 bridgehead atoms. The largest absolute Gasteiger partial charge is 0.388 e. The van der Waals surface area contributed by atoms with Crippen LogP contribution in [0.4, 0.5) is 0 Å². The average molecular weight is 164 g/mol. The predicted octanol–water partition coefficient (Wildman–Crippen LogP) is -1.93. The highest BCUT2D eigenvalue weighted by Crippen LogP contribution is 2.15. The lowest BCUT2D eigenvalue weighted by Crippen LogP contribution is -2.53. The first-order chi connectivity index (χ1) is 5.16. The second kappa shape index (κ2) is 3.46. The molecular weight excluding hydrogens is 152 g/mol. The molecule has 0 spiro atoms. The molecule has 1 saturated heterocycles. The Labute approximate surface area is 64.2 Å². The van der Waals surface area contributed by atoms with Gasteiger partial charge in [-0.25, -0.2) is 0 Å². The molecular formula is C6H12O5. The van der Waals surface area contributed by atoms with E-state index >= 15 is 0 Å². The number of hydrogen-bond acceptors (Lipinski definition) is 5. The van der Waals surface area contributed by atoms with E-state index in [0.29, 0.717) is 0 Å². The van der Waals surface area contributed by atoms with Crippen LogP contribution < -0.4 is 0 Å². The van der Waals surface area contributed by atoms with Crippen molar-refractivity contribution in [1.29, 1.82) is 0 Å². The van der Waals surface area contributed by atoms with Gasteiger partial charge in [-0.3, -0.25) is 0 Å². The Morgan fingerprint density at radius 1 is 1.36 bits per heavy atom. The molecule has 0 aliphatic carbocycles. The zero-order valence-corrected chi connectivity index (χ0v) is 6.17. The zero-order valence-electron chi connectivity index (χ0n) is 6.17. The maximum atomic E-state index is 9.19. The molecule has 1 rings (SSSR count). The maximum absolute atomic E-state index is 9.19. The van der Waals surface area contributed by atoms with E-state index in [9.17, 15) is 5.11 Å². The Kier molecular flexibility index (Phi) is 2.80. The first kappa shape index (κ1) is 8.89. The third kappa shape index (κ3) is 1.69. The van der Waals surface area contributed by atoms with Gasteiger partial charge in [0.25, 0.3) is 0 Å². The zero-order chi connectivity index (χ0) is 8.43. The van der Waals surface area contributed by atoms with Gasteiger partial charge in [-0.1, -0.05) is 0 Å². The highest BCUT2D eigenvalue weighted by molar-refractivity contribution is 4.82. The minimum atomic E-state index is -1.15. The summed E-state index contributed by atoms with van der Waals surface area (Å²) in [6.45, 7) is -0.0673. The van der Waals surface area contributed by atoms with Crippen LogP contribution in [0.1, 0.15) is 0 Å². The molecule has 1 unspecified atom stereocenters. The third-order valence-electron chi connectivity index (χ3n) is 1.72. The molecule has 1 heterocycles. The maximum Gasteiger partial charge on any atom is 0.183 e. The van der Waals surface area contributed by atoms with E-state index in [2.05, 4.69) is 4.74 Å². The predicted molar refractivity (Wildman–Crippen MR) is 34.8 cm³/mol. The Hall–Kier alpha value is -0.200. The standard InChI is InChI=1S/C6H12O5/c1-10-5-4(8)3(7)2-11-6(5)9/h3-9H,2H2,1H3/t3-,4-,5-,6?/m0/s1. The van der Waals surface area contributed by atoms with Crippen molar-refractivity contribution in [1.82, 2.24) is 0 Å². The van der Waals surface area contributed by atoms with Crippen LogP contribution in [0, 0.1) is 0 Å². The molecule has 11 heavy (non-hydrogen) atoms. The lowest BCUT2D eigenvalue weighted by atomic mass is 10.1. The lowest BCUT2D eigenvalue weighted by Gasteiger charge is -2.34. The number of ether oxygens (including phenoxy) is 2. The summed E-state index contributed by atoms with van der Waals surface area (Å²) < 4.78 is 9.39. The lowest BCUT2D eigenvalue weighted by molar-refractivity contribution is -0.258. The van der Waals surface area contributed by atoms with Crippen LogP contribution in [0.5, 0.6) is 0 Å². The molecule has 1 aliphatic heterocycles. The number of aliphatic hydroxyl groups excluding tert-OH is 3. The Morgan fingerprint density at radius 3 is 2.45 bits per heavy atom. The van der Waals surface area contributed by atoms with Crippen LogP contribution in [-0.4, -0.2) is 53.6 Å². The fourth-order valence-corrected chi connectivity index (χ4v) is 1.03. The topological polar surface area (TPSA) is 79.2 Å². The van der Waals surface area contributed by atoms with Gasteiger partial charge in [-0.2, -0.15) is 0 Å². The molecule has 4 atom stereocenters. The van der Waals surface area contributed by atoms with Gasteiger partial charge in [0, 0.05) is 7.11 Å². The summed E-state index contributed by atoms with van der Waals surface area (Å²) in [5.41, 5.74) is 0. The van der Waals surface area contributed by atoms with E-state index in [1.54, 1.807) is 0 Å². The summed E-state index contributed by atoms with van der Waals surface area (Å²) in [5.74, 6) is 0. The van der Waals surface area contributed by atoms with Crippen LogP contribution in [0.25, 0.3) is 0 Å². The summed E-state index contributed by atoms with van der Waals surface area (Å²) in [7, 11) is 1.33. The minimum absolute atomic E-state index is 0.0673. The summed E-state index contributed by atoms with van der Waals surface area (Å²) in [4.78, 5) is 0. The van der Waals surface area contributed by atoms with Gasteiger partial charge in [0.2, 0.25) is 0 Å². The third-order valence-corrected chi connectivity index (χ3v) is 1.72. The van der Waals surface area contributed by atoms with E-state index in [-0.39, 0.29) is 6.61 Å². The van der Waals surface area contributed by atoms with Crippen molar-refractivity contribution in [3.05, 3.63) is 0 Å². The average Bonchev–Trinajstić information content (AvgIpc) is 1.99. The van der Waals surface area contributed by atoms with E-state index in [4.69, 9.17) is 14.9 Å². The van der Waals surface area contributed by atoms with E-state index in [1.807, 2.05) is 0 Å². The number of aliphatic hydroxyl groups is 3. The monoisotopic (exact) mass is 164 g/mol. The molecule has 66 valence electrons. The van der Waals surface area contributed by atoms with Crippen molar-refractivity contribution in [2.24, 2.45) is 0 Å². The van der Waals surface area contributed by atoms with Crippen molar-refractivity contribution in [2.75, 3.05) is 13.7 Å². The van der Waals surface area contributed by atoms with Crippen LogP contribution in [0.2, 0.25) is 0 Å². The van der Waals surface area contributed by atoms with Crippen LogP contribution in [0.3, 0.4) is 0 Å². The van der Waals surface area contributed by atoms with Gasteiger partial charge in [-0.15, -0.1) is 0 Å². The van der Waals surface area contributed by atoms with Crippen molar-refractivity contribution in [3.63, 3.8) is 0 Å². The van der Waals surface area contributed by atoms with Crippen LogP contribution >= 0.6 is 0 Å². The second-order valence-corrected chi connectivity index (χ2v) is 2.48. The van der Waals surface area contributed by atoms with E-state index < -0.39 is 24.6 Å². The second-order valence-electron chi connectivity index (χ2n) is 2.48. The van der Waals surface area contributed by atoms with Gasteiger partial charge < -0.3 is 24.8 Å². The molecule has 5 nitrogen and oxygen atoms in total. The van der Waals surface area contributed by atoms with Gasteiger partial charge in [0.15, 0.2) is 6.29 Å². The van der Waals surface area contributed by atoms with Gasteiger partial charge in [-0.05, 0) is 0 Å². The summed E-state index contributed by atoms with van der Waals surface area (Å²) in [5, 5.41) is 27.3. The Balaban J connectivity index is 2.55. The Morgan fingerprint density at radius 2 is 2.00 bits per heavy atom. The highest BCUT2D eigenvalue weighted by atomic mass is 16.6. The van der Waals surface area contributed by atoms with Gasteiger partial charge in [0.05, 0.1) is 6.61 Å². The highest BCUT2D eigenvalue weighted by Gasteiger charge is 2.37. The smallest absolute Gasteiger partial charge is 0.183 e. The number of methoxy groups -OCH3 is 1. The summed E-state index contributed by atoms with van der Waals surface area (Å²) in [6, 6.07) is 0. The van der Waals surface area contributed by atoms with E-state index in [0.717, 1.165) is 0 Å². The van der Waals surface area contributed by atoms with E-state index in [1.165, 1.54) is 7.11 Å². The van der Waals surface area contributed by atoms with Crippen molar-refractivity contribution in [3.8, 4) is 0 Å². The quantitative estimate of drug-likeness (QED) is 0.420. The first-order valence-electron chi connectivity index (χ1n) is 3.35.